The summed E-state index contributed by atoms with van der Waals surface area (Å²) >= 11 is 5.95. The minimum Gasteiger partial charge on any atom is -0.387 e. The maximum atomic E-state index is 12.4. The number of rotatable bonds is 9. The molecule has 0 aliphatic carbocycles. The van der Waals surface area contributed by atoms with Gasteiger partial charge in [0, 0.05) is 30.3 Å². The Hall–Kier alpha value is -1.64. The third-order valence-corrected chi connectivity index (χ3v) is 6.79. The Labute approximate surface area is 178 Å². The number of aliphatic hydroxyl groups is 1. The van der Waals surface area contributed by atoms with Gasteiger partial charge in [0.2, 0.25) is 0 Å². The van der Waals surface area contributed by atoms with E-state index in [1.807, 2.05) is 24.3 Å². The second-order valence-electron chi connectivity index (χ2n) is 7.29. The molecule has 6 nitrogen and oxygen atoms in total. The van der Waals surface area contributed by atoms with Gasteiger partial charge in [0.1, 0.15) is 0 Å². The van der Waals surface area contributed by atoms with Crippen molar-refractivity contribution in [3.63, 3.8) is 0 Å². The Morgan fingerprint density at radius 1 is 1.07 bits per heavy atom. The lowest BCUT2D eigenvalue weighted by Gasteiger charge is -2.26. The summed E-state index contributed by atoms with van der Waals surface area (Å²) in [6, 6.07) is 14.6. The lowest BCUT2D eigenvalue weighted by atomic mass is 10.1. The first kappa shape index (κ1) is 22.1. The maximum Gasteiger partial charge on any atom is 0.301 e. The largest absolute Gasteiger partial charge is 0.387 e. The van der Waals surface area contributed by atoms with Crippen molar-refractivity contribution >= 4 is 27.5 Å². The number of nitrogens with zero attached hydrogens (tertiary/aromatic N) is 1. The molecule has 29 heavy (non-hydrogen) atoms. The summed E-state index contributed by atoms with van der Waals surface area (Å²) in [6.07, 6.45) is 3.09. The molecule has 0 unspecified atom stereocenters. The standard InChI is InChI=1S/C21H28ClN3O3S/c22-19-6-4-5-18(15-19)21(26)16-23-12-11-17-7-9-20(10-8-17)24-29(27,28)25-13-2-1-3-14-25/h4-10,15,21,23-24,26H,1-3,11-14,16H2/t21-/m1/s1. The quantitative estimate of drug-likeness (QED) is 0.525. The number of nitrogens with one attached hydrogen (secondary N) is 2. The molecule has 1 aliphatic heterocycles. The van der Waals surface area contributed by atoms with E-state index in [-0.39, 0.29) is 0 Å². The summed E-state index contributed by atoms with van der Waals surface area (Å²) in [5.41, 5.74) is 2.45. The molecule has 0 bridgehead atoms. The summed E-state index contributed by atoms with van der Waals surface area (Å²) in [4.78, 5) is 0. The average Bonchev–Trinajstić information content (AvgIpc) is 2.72. The molecule has 0 radical (unpaired) electrons. The van der Waals surface area contributed by atoms with Crippen LogP contribution in [0.3, 0.4) is 0 Å². The van der Waals surface area contributed by atoms with Gasteiger partial charge >= 0.3 is 10.2 Å². The van der Waals surface area contributed by atoms with Crippen LogP contribution in [0.1, 0.15) is 36.5 Å². The predicted octanol–water partition coefficient (Wildman–Crippen LogP) is 3.35. The lowest BCUT2D eigenvalue weighted by Crippen LogP contribution is -2.39. The first-order valence-electron chi connectivity index (χ1n) is 9.95. The van der Waals surface area contributed by atoms with Gasteiger partial charge in [-0.3, -0.25) is 4.72 Å². The van der Waals surface area contributed by atoms with Crippen molar-refractivity contribution in [2.75, 3.05) is 30.9 Å². The number of hydrogen-bond acceptors (Lipinski definition) is 4. The molecular weight excluding hydrogens is 410 g/mol. The Kier molecular flexibility index (Phi) is 7.91. The molecule has 2 aromatic rings. The van der Waals surface area contributed by atoms with E-state index in [1.165, 1.54) is 4.31 Å². The van der Waals surface area contributed by atoms with E-state index in [2.05, 4.69) is 10.0 Å². The molecule has 1 saturated heterocycles. The number of hydrogen-bond donors (Lipinski definition) is 3. The summed E-state index contributed by atoms with van der Waals surface area (Å²) < 4.78 is 29.0. The van der Waals surface area contributed by atoms with Crippen molar-refractivity contribution in [2.24, 2.45) is 0 Å². The Bertz CT molecular complexity index is 884. The first-order valence-corrected chi connectivity index (χ1v) is 11.8. The molecule has 0 amide bonds. The van der Waals surface area contributed by atoms with Crippen LogP contribution in [0.2, 0.25) is 5.02 Å². The van der Waals surface area contributed by atoms with Crippen LogP contribution in [0.25, 0.3) is 0 Å². The van der Waals surface area contributed by atoms with Gasteiger partial charge in [-0.25, -0.2) is 0 Å². The summed E-state index contributed by atoms with van der Waals surface area (Å²) in [5.74, 6) is 0. The van der Waals surface area contributed by atoms with E-state index >= 15 is 0 Å². The second-order valence-corrected chi connectivity index (χ2v) is 9.40. The highest BCUT2D eigenvalue weighted by Gasteiger charge is 2.23. The van der Waals surface area contributed by atoms with Crippen LogP contribution in [0.4, 0.5) is 5.69 Å². The third-order valence-electron chi connectivity index (χ3n) is 5.02. The number of piperidine rings is 1. The van der Waals surface area contributed by atoms with E-state index in [9.17, 15) is 13.5 Å². The monoisotopic (exact) mass is 437 g/mol. The molecule has 0 spiro atoms. The smallest absolute Gasteiger partial charge is 0.301 e. The molecule has 1 atom stereocenters. The highest BCUT2D eigenvalue weighted by atomic mass is 35.5. The Balaban J connectivity index is 1.43. The van der Waals surface area contributed by atoms with Crippen molar-refractivity contribution in [1.82, 2.24) is 9.62 Å². The number of halogens is 1. The molecule has 8 heteroatoms. The molecule has 0 aromatic heterocycles. The van der Waals surface area contributed by atoms with Gasteiger partial charge in [-0.05, 0) is 61.2 Å². The normalized spacial score (nSPS) is 16.5. The molecule has 0 saturated carbocycles. The number of benzene rings is 2. The van der Waals surface area contributed by atoms with Gasteiger partial charge in [0.15, 0.2) is 0 Å². The van der Waals surface area contributed by atoms with Crippen LogP contribution in [0, 0.1) is 0 Å². The van der Waals surface area contributed by atoms with Crippen LogP contribution in [-0.2, 0) is 16.6 Å². The predicted molar refractivity (Wildman–Crippen MR) is 117 cm³/mol. The zero-order chi connectivity index (χ0) is 20.7. The maximum absolute atomic E-state index is 12.4. The van der Waals surface area contributed by atoms with Crippen LogP contribution in [0.15, 0.2) is 48.5 Å². The van der Waals surface area contributed by atoms with E-state index < -0.39 is 16.3 Å². The first-order chi connectivity index (χ1) is 13.9. The van der Waals surface area contributed by atoms with Gasteiger partial charge < -0.3 is 10.4 Å². The van der Waals surface area contributed by atoms with Crippen molar-refractivity contribution in [3.8, 4) is 0 Å². The van der Waals surface area contributed by atoms with Crippen molar-refractivity contribution < 1.29 is 13.5 Å². The zero-order valence-electron chi connectivity index (χ0n) is 16.4. The van der Waals surface area contributed by atoms with Crippen LogP contribution in [0.5, 0.6) is 0 Å². The van der Waals surface area contributed by atoms with Gasteiger partial charge in [0.05, 0.1) is 6.10 Å². The fraction of sp³-hybridized carbons (Fsp3) is 0.429. The second kappa shape index (κ2) is 10.4. The third kappa shape index (κ3) is 6.69. The van der Waals surface area contributed by atoms with Gasteiger partial charge in [0.25, 0.3) is 0 Å². The molecular formula is C21H28ClN3O3S. The molecule has 158 valence electrons. The lowest BCUT2D eigenvalue weighted by molar-refractivity contribution is 0.175. The highest BCUT2D eigenvalue weighted by molar-refractivity contribution is 7.90. The number of aliphatic hydroxyl groups excluding tert-OH is 1. The van der Waals surface area contributed by atoms with Crippen LogP contribution in [-0.4, -0.2) is 44.0 Å². The van der Waals surface area contributed by atoms with Gasteiger partial charge in [-0.2, -0.15) is 12.7 Å². The number of anilines is 1. The van der Waals surface area contributed by atoms with Crippen molar-refractivity contribution in [1.29, 1.82) is 0 Å². The fourth-order valence-corrected chi connectivity index (χ4v) is 4.86. The molecule has 1 heterocycles. The van der Waals surface area contributed by atoms with E-state index in [0.717, 1.165) is 36.8 Å². The average molecular weight is 438 g/mol. The van der Waals surface area contributed by atoms with Gasteiger partial charge in [-0.1, -0.05) is 42.3 Å². The molecule has 1 fully saturated rings. The Morgan fingerprint density at radius 3 is 2.48 bits per heavy atom. The topological polar surface area (TPSA) is 81.7 Å². The van der Waals surface area contributed by atoms with E-state index in [1.54, 1.807) is 24.3 Å². The van der Waals surface area contributed by atoms with Gasteiger partial charge in [-0.15, -0.1) is 0 Å². The molecule has 3 N–H and O–H groups in total. The van der Waals surface area contributed by atoms with E-state index in [0.29, 0.717) is 36.9 Å². The van der Waals surface area contributed by atoms with E-state index in [4.69, 9.17) is 11.6 Å². The van der Waals surface area contributed by atoms with Crippen molar-refractivity contribution in [3.05, 3.63) is 64.7 Å². The zero-order valence-corrected chi connectivity index (χ0v) is 17.9. The summed E-state index contributed by atoms with van der Waals surface area (Å²) in [5, 5.41) is 14.0. The molecule has 3 rings (SSSR count). The summed E-state index contributed by atoms with van der Waals surface area (Å²) in [7, 11) is -3.48. The summed E-state index contributed by atoms with van der Waals surface area (Å²) in [6.45, 7) is 2.31. The molecule has 1 aliphatic rings. The minimum atomic E-state index is -3.48. The Morgan fingerprint density at radius 2 is 1.79 bits per heavy atom. The minimum absolute atomic E-state index is 0.439. The van der Waals surface area contributed by atoms with Crippen LogP contribution >= 0.6 is 11.6 Å². The molecule has 2 aromatic carbocycles. The van der Waals surface area contributed by atoms with Crippen molar-refractivity contribution in [2.45, 2.75) is 31.8 Å². The highest BCUT2D eigenvalue weighted by Crippen LogP contribution is 2.18. The fourth-order valence-electron chi connectivity index (χ4n) is 3.36. The SMILES string of the molecule is O=S(=O)(Nc1ccc(CCNC[C@@H](O)c2cccc(Cl)c2)cc1)N1CCCCC1. The van der Waals surface area contributed by atoms with Crippen LogP contribution < -0.4 is 10.0 Å².